The molecule has 1 atom stereocenters. The quantitative estimate of drug-likeness (QED) is 0.614. The molecule has 2 aliphatic rings. The zero-order valence-electron chi connectivity index (χ0n) is 7.79. The normalized spacial score (nSPS) is 27.2. The molecule has 2 aliphatic carbocycles. The van der Waals surface area contributed by atoms with Crippen LogP contribution in [0.5, 0.6) is 0 Å². The van der Waals surface area contributed by atoms with Crippen molar-refractivity contribution in [2.75, 3.05) is 0 Å². The summed E-state index contributed by atoms with van der Waals surface area (Å²) in [5.41, 5.74) is 2.82. The average molecular weight is 176 g/mol. The topological polar surface area (TPSA) is 37.3 Å². The molecule has 1 N–H and O–H groups in total. The molecule has 13 heavy (non-hydrogen) atoms. The Kier molecular flexibility index (Phi) is 1.65. The number of hydrogen-bond acceptors (Lipinski definition) is 2. The molecule has 0 heterocycles. The van der Waals surface area contributed by atoms with Crippen LogP contribution >= 0.6 is 0 Å². The molecule has 0 aromatic heterocycles. The number of carbonyl (C=O) groups excluding carboxylic acids is 1. The summed E-state index contributed by atoms with van der Waals surface area (Å²) in [5.74, 6) is 0.459. The van der Waals surface area contributed by atoms with Crippen LogP contribution in [0.25, 0.3) is 0 Å². The van der Waals surface area contributed by atoms with Crippen molar-refractivity contribution in [3.05, 3.63) is 34.6 Å². The molecule has 2 rings (SSSR count). The van der Waals surface area contributed by atoms with E-state index in [4.69, 9.17) is 0 Å². The van der Waals surface area contributed by atoms with Gasteiger partial charge in [0.2, 0.25) is 0 Å². The van der Waals surface area contributed by atoms with Gasteiger partial charge in [-0.05, 0) is 32.4 Å². The summed E-state index contributed by atoms with van der Waals surface area (Å²) in [6.07, 6.45) is 4.02. The highest BCUT2D eigenvalue weighted by atomic mass is 16.3. The van der Waals surface area contributed by atoms with Crippen molar-refractivity contribution in [1.82, 2.24) is 0 Å². The molecule has 68 valence electrons. The molecule has 0 amide bonds. The van der Waals surface area contributed by atoms with Gasteiger partial charge in [0.05, 0.1) is 0 Å². The summed E-state index contributed by atoms with van der Waals surface area (Å²) in [7, 11) is 0. The predicted octanol–water partition coefficient (Wildman–Crippen LogP) is 2.29. The van der Waals surface area contributed by atoms with E-state index in [1.54, 1.807) is 12.2 Å². The fraction of sp³-hybridized carbons (Fsp3) is 0.364. The number of rotatable bonds is 0. The Bertz CT molecular complexity index is 370. The molecule has 2 bridgehead atoms. The van der Waals surface area contributed by atoms with Gasteiger partial charge in [0.25, 0.3) is 0 Å². The lowest BCUT2D eigenvalue weighted by Gasteiger charge is -2.27. The minimum atomic E-state index is -0.0324. The van der Waals surface area contributed by atoms with Crippen LogP contribution in [-0.2, 0) is 4.79 Å². The lowest BCUT2D eigenvalue weighted by Crippen LogP contribution is -2.21. The van der Waals surface area contributed by atoms with Gasteiger partial charge in [-0.25, -0.2) is 0 Å². The SMILES string of the molecule is CC1=CC(=O)C2=C(O)C=C(C)C1C2. The van der Waals surface area contributed by atoms with Crippen molar-refractivity contribution in [2.24, 2.45) is 5.92 Å². The first-order chi connectivity index (χ1) is 6.09. The first kappa shape index (κ1) is 8.30. The van der Waals surface area contributed by atoms with Gasteiger partial charge in [-0.3, -0.25) is 4.79 Å². The van der Waals surface area contributed by atoms with E-state index in [9.17, 15) is 9.90 Å². The van der Waals surface area contributed by atoms with Crippen molar-refractivity contribution >= 4 is 5.78 Å². The third-order valence-corrected chi connectivity index (χ3v) is 2.84. The molecular formula is C11H12O2. The van der Waals surface area contributed by atoms with Crippen molar-refractivity contribution in [3.63, 3.8) is 0 Å². The molecule has 2 nitrogen and oxygen atoms in total. The second-order valence-corrected chi connectivity index (χ2v) is 3.76. The van der Waals surface area contributed by atoms with Crippen LogP contribution in [0, 0.1) is 5.92 Å². The van der Waals surface area contributed by atoms with Crippen LogP contribution in [0.3, 0.4) is 0 Å². The van der Waals surface area contributed by atoms with Crippen LogP contribution in [0.15, 0.2) is 34.6 Å². The van der Waals surface area contributed by atoms with Crippen molar-refractivity contribution in [1.29, 1.82) is 0 Å². The Morgan fingerprint density at radius 2 is 1.92 bits per heavy atom. The summed E-state index contributed by atoms with van der Waals surface area (Å²) in [5, 5.41) is 9.50. The van der Waals surface area contributed by atoms with Gasteiger partial charge in [0, 0.05) is 11.5 Å². The van der Waals surface area contributed by atoms with E-state index in [1.165, 1.54) is 0 Å². The van der Waals surface area contributed by atoms with E-state index in [1.807, 2.05) is 13.8 Å². The van der Waals surface area contributed by atoms with E-state index in [0.717, 1.165) is 11.1 Å². The van der Waals surface area contributed by atoms with Gasteiger partial charge >= 0.3 is 0 Å². The number of allylic oxidation sites excluding steroid dienone is 5. The van der Waals surface area contributed by atoms with Gasteiger partial charge < -0.3 is 5.11 Å². The van der Waals surface area contributed by atoms with E-state index in [2.05, 4.69) is 0 Å². The van der Waals surface area contributed by atoms with Crippen molar-refractivity contribution in [3.8, 4) is 0 Å². The molecule has 0 saturated heterocycles. The Labute approximate surface area is 77.3 Å². The van der Waals surface area contributed by atoms with Crippen LogP contribution in [0.4, 0.5) is 0 Å². The van der Waals surface area contributed by atoms with Crippen LogP contribution in [0.1, 0.15) is 20.3 Å². The lowest BCUT2D eigenvalue weighted by atomic mass is 9.77. The highest BCUT2D eigenvalue weighted by Gasteiger charge is 2.29. The molecule has 0 spiro atoms. The Balaban J connectivity index is 2.58. The molecular weight excluding hydrogens is 164 g/mol. The standard InChI is InChI=1S/C11H12O2/c1-6-3-10(12)9-5-8(6)7(2)4-11(9)13/h3-4,8,12H,5H2,1-2H3. The summed E-state index contributed by atoms with van der Waals surface area (Å²) >= 11 is 0. The minimum absolute atomic E-state index is 0.0324. The first-order valence-corrected chi connectivity index (χ1v) is 4.42. The monoisotopic (exact) mass is 176 g/mol. The maximum Gasteiger partial charge on any atom is 0.185 e. The highest BCUT2D eigenvalue weighted by molar-refractivity contribution is 6.06. The number of aliphatic hydroxyl groups excluding tert-OH is 1. The Hall–Kier alpha value is -1.31. The van der Waals surface area contributed by atoms with Crippen molar-refractivity contribution < 1.29 is 9.90 Å². The second-order valence-electron chi connectivity index (χ2n) is 3.76. The minimum Gasteiger partial charge on any atom is -0.508 e. The Morgan fingerprint density at radius 1 is 1.31 bits per heavy atom. The zero-order chi connectivity index (χ0) is 9.59. The zero-order valence-corrected chi connectivity index (χ0v) is 7.79. The average Bonchev–Trinajstić information content (AvgIpc) is 2.02. The molecule has 1 unspecified atom stereocenters. The molecule has 0 aromatic rings. The molecule has 0 fully saturated rings. The molecule has 0 aliphatic heterocycles. The van der Waals surface area contributed by atoms with Crippen LogP contribution < -0.4 is 0 Å². The summed E-state index contributed by atoms with van der Waals surface area (Å²) < 4.78 is 0. The van der Waals surface area contributed by atoms with E-state index in [0.29, 0.717) is 17.9 Å². The number of aliphatic hydroxyl groups is 1. The predicted molar refractivity (Wildman–Crippen MR) is 50.3 cm³/mol. The largest absolute Gasteiger partial charge is 0.508 e. The molecule has 0 radical (unpaired) electrons. The summed E-state index contributed by atoms with van der Waals surface area (Å²) in [4.78, 5) is 11.4. The van der Waals surface area contributed by atoms with E-state index >= 15 is 0 Å². The van der Waals surface area contributed by atoms with Gasteiger partial charge in [0.15, 0.2) is 5.78 Å². The maximum absolute atomic E-state index is 11.4. The van der Waals surface area contributed by atoms with Gasteiger partial charge in [-0.2, -0.15) is 0 Å². The van der Waals surface area contributed by atoms with Crippen LogP contribution in [0.2, 0.25) is 0 Å². The fourth-order valence-corrected chi connectivity index (χ4v) is 2.01. The van der Waals surface area contributed by atoms with E-state index < -0.39 is 0 Å². The van der Waals surface area contributed by atoms with Crippen LogP contribution in [-0.4, -0.2) is 10.9 Å². The third kappa shape index (κ3) is 1.13. The van der Waals surface area contributed by atoms with Gasteiger partial charge in [0.1, 0.15) is 5.76 Å². The second kappa shape index (κ2) is 2.59. The third-order valence-electron chi connectivity index (χ3n) is 2.84. The molecule has 0 saturated carbocycles. The van der Waals surface area contributed by atoms with Gasteiger partial charge in [-0.15, -0.1) is 0 Å². The fourth-order valence-electron chi connectivity index (χ4n) is 2.01. The maximum atomic E-state index is 11.4. The highest BCUT2D eigenvalue weighted by Crippen LogP contribution is 2.37. The lowest BCUT2D eigenvalue weighted by molar-refractivity contribution is -0.112. The number of fused-ring (bicyclic) bond motifs is 2. The van der Waals surface area contributed by atoms with E-state index in [-0.39, 0.29) is 11.5 Å². The number of carbonyl (C=O) groups is 1. The van der Waals surface area contributed by atoms with Crippen molar-refractivity contribution in [2.45, 2.75) is 20.3 Å². The summed E-state index contributed by atoms with van der Waals surface area (Å²) in [6, 6.07) is 0. The molecule has 0 aromatic carbocycles. The number of hydrogen-bond donors (Lipinski definition) is 1. The Morgan fingerprint density at radius 3 is 2.62 bits per heavy atom. The number of ketones is 1. The summed E-state index contributed by atoms with van der Waals surface area (Å²) in [6.45, 7) is 3.96. The molecule has 2 heteroatoms. The smallest absolute Gasteiger partial charge is 0.185 e. The van der Waals surface area contributed by atoms with Gasteiger partial charge in [-0.1, -0.05) is 11.1 Å². The first-order valence-electron chi connectivity index (χ1n) is 4.42.